The number of hydrogen-bond donors (Lipinski definition) is 1. The first-order valence-electron chi connectivity index (χ1n) is 8.93. The van der Waals surface area contributed by atoms with Crippen molar-refractivity contribution in [3.8, 4) is 0 Å². The number of methoxy groups -OCH3 is 1. The fourth-order valence-electron chi connectivity index (χ4n) is 3.40. The van der Waals surface area contributed by atoms with E-state index in [4.69, 9.17) is 4.74 Å². The van der Waals surface area contributed by atoms with E-state index < -0.39 is 0 Å². The molecule has 0 spiro atoms. The molecule has 0 aliphatic heterocycles. The molecule has 0 aliphatic rings. The Hall–Kier alpha value is -2.70. The van der Waals surface area contributed by atoms with Crippen LogP contribution >= 0.6 is 11.3 Å². The van der Waals surface area contributed by atoms with Gasteiger partial charge in [0, 0.05) is 31.1 Å². The number of ether oxygens (including phenoxy) is 1. The smallest absolute Gasteiger partial charge is 0.188 e. The Bertz CT molecular complexity index is 962. The molecule has 4 aromatic rings. The van der Waals surface area contributed by atoms with Gasteiger partial charge in [0.05, 0.1) is 29.2 Å². The van der Waals surface area contributed by atoms with Crippen LogP contribution in [0.2, 0.25) is 0 Å². The number of aromatic nitrogens is 3. The Morgan fingerprint density at radius 3 is 2.67 bits per heavy atom. The first kappa shape index (κ1) is 17.7. The normalized spacial score (nSPS) is 13.6. The van der Waals surface area contributed by atoms with E-state index in [1.807, 2.05) is 36.9 Å². The summed E-state index contributed by atoms with van der Waals surface area (Å²) >= 11 is 1.66. The number of nitrogens with one attached hydrogen (secondary N) is 1. The van der Waals surface area contributed by atoms with Crippen molar-refractivity contribution in [3.63, 3.8) is 0 Å². The van der Waals surface area contributed by atoms with Gasteiger partial charge in [-0.25, -0.2) is 9.97 Å². The van der Waals surface area contributed by atoms with Crippen molar-refractivity contribution in [1.29, 1.82) is 0 Å². The number of benzene rings is 2. The zero-order valence-corrected chi connectivity index (χ0v) is 16.2. The number of para-hydroxylation sites is 1. The molecule has 0 saturated heterocycles. The van der Waals surface area contributed by atoms with E-state index in [1.54, 1.807) is 18.4 Å². The molecule has 6 heteroatoms. The maximum absolute atomic E-state index is 5.38. The van der Waals surface area contributed by atoms with Crippen LogP contribution in [0.25, 0.3) is 10.2 Å². The first-order valence-corrected chi connectivity index (χ1v) is 9.75. The van der Waals surface area contributed by atoms with Crippen LogP contribution in [0.1, 0.15) is 18.5 Å². The van der Waals surface area contributed by atoms with Gasteiger partial charge in [0.1, 0.15) is 0 Å². The van der Waals surface area contributed by atoms with Crippen molar-refractivity contribution in [2.24, 2.45) is 5.92 Å². The van der Waals surface area contributed by atoms with E-state index in [0.717, 1.165) is 16.3 Å². The molecule has 0 aliphatic carbocycles. The quantitative estimate of drug-likeness (QED) is 0.486. The fourth-order valence-corrected chi connectivity index (χ4v) is 4.28. The summed E-state index contributed by atoms with van der Waals surface area (Å²) in [5.41, 5.74) is 3.28. The van der Waals surface area contributed by atoms with Gasteiger partial charge in [-0.1, -0.05) is 42.5 Å². The van der Waals surface area contributed by atoms with Crippen molar-refractivity contribution in [3.05, 3.63) is 72.8 Å². The highest BCUT2D eigenvalue weighted by Crippen LogP contribution is 2.30. The SMILES string of the molecule is COCC(C)C(c1ccc(Nc2nc3ccccc3s2)cc1)n1ccnc1. The van der Waals surface area contributed by atoms with Crippen molar-refractivity contribution in [2.75, 3.05) is 19.0 Å². The maximum atomic E-state index is 5.38. The number of fused-ring (bicyclic) bond motifs is 1. The molecule has 1 N–H and O–H groups in total. The third kappa shape index (κ3) is 3.86. The molecule has 5 nitrogen and oxygen atoms in total. The molecule has 0 bridgehead atoms. The first-order chi connectivity index (χ1) is 13.2. The zero-order valence-electron chi connectivity index (χ0n) is 15.4. The lowest BCUT2D eigenvalue weighted by atomic mass is 9.94. The third-order valence-corrected chi connectivity index (χ3v) is 5.56. The molecule has 2 heterocycles. The Morgan fingerprint density at radius 2 is 1.96 bits per heavy atom. The largest absolute Gasteiger partial charge is 0.384 e. The molecule has 4 rings (SSSR count). The lowest BCUT2D eigenvalue weighted by Gasteiger charge is -2.25. The van der Waals surface area contributed by atoms with Gasteiger partial charge in [0.2, 0.25) is 0 Å². The van der Waals surface area contributed by atoms with Gasteiger partial charge in [-0.05, 0) is 29.8 Å². The highest BCUT2D eigenvalue weighted by Gasteiger charge is 2.21. The Morgan fingerprint density at radius 1 is 1.15 bits per heavy atom. The second-order valence-corrected chi connectivity index (χ2v) is 7.65. The Kier molecular flexibility index (Phi) is 5.18. The van der Waals surface area contributed by atoms with Crippen LogP contribution in [-0.4, -0.2) is 28.3 Å². The van der Waals surface area contributed by atoms with Gasteiger partial charge in [-0.15, -0.1) is 0 Å². The standard InChI is InChI=1S/C21H22N4OS/c1-15(13-26-2)20(25-12-11-22-14-25)16-7-9-17(10-8-16)23-21-24-18-5-3-4-6-19(18)27-21/h3-12,14-15,20H,13H2,1-2H3,(H,23,24). The summed E-state index contributed by atoms with van der Waals surface area (Å²) in [6.45, 7) is 2.88. The van der Waals surface area contributed by atoms with E-state index in [2.05, 4.69) is 57.1 Å². The van der Waals surface area contributed by atoms with E-state index in [9.17, 15) is 0 Å². The molecule has 2 unspecified atom stereocenters. The molecule has 27 heavy (non-hydrogen) atoms. The van der Waals surface area contributed by atoms with Crippen LogP contribution in [0.4, 0.5) is 10.8 Å². The number of nitrogens with zero attached hydrogens (tertiary/aromatic N) is 3. The Labute approximate surface area is 162 Å². The van der Waals surface area contributed by atoms with Gasteiger partial charge in [-0.2, -0.15) is 0 Å². The van der Waals surface area contributed by atoms with Crippen molar-refractivity contribution >= 4 is 32.4 Å². The summed E-state index contributed by atoms with van der Waals surface area (Å²) in [6, 6.07) is 16.9. The van der Waals surface area contributed by atoms with Gasteiger partial charge in [0.15, 0.2) is 5.13 Å². The highest BCUT2D eigenvalue weighted by atomic mass is 32.1. The zero-order chi connectivity index (χ0) is 18.6. The lowest BCUT2D eigenvalue weighted by molar-refractivity contribution is 0.140. The predicted molar refractivity (Wildman–Crippen MR) is 111 cm³/mol. The minimum Gasteiger partial charge on any atom is -0.384 e. The van der Waals surface area contributed by atoms with Gasteiger partial charge in [-0.3, -0.25) is 0 Å². The fraction of sp³-hybridized carbons (Fsp3) is 0.238. The molecular weight excluding hydrogens is 356 g/mol. The van der Waals surface area contributed by atoms with Crippen molar-refractivity contribution < 1.29 is 4.74 Å². The second kappa shape index (κ2) is 7.90. The molecule has 138 valence electrons. The molecule has 0 radical (unpaired) electrons. The number of thiazole rings is 1. The van der Waals surface area contributed by atoms with Crippen molar-refractivity contribution in [1.82, 2.24) is 14.5 Å². The average Bonchev–Trinajstić information content (AvgIpc) is 3.33. The molecule has 0 fully saturated rings. The summed E-state index contributed by atoms with van der Waals surface area (Å²) in [5, 5.41) is 4.32. The number of rotatable bonds is 7. The topological polar surface area (TPSA) is 52.0 Å². The van der Waals surface area contributed by atoms with Crippen LogP contribution in [0.15, 0.2) is 67.3 Å². The molecule has 0 saturated carbocycles. The van der Waals surface area contributed by atoms with Gasteiger partial charge in [0.25, 0.3) is 0 Å². The summed E-state index contributed by atoms with van der Waals surface area (Å²) in [5.74, 6) is 0.326. The van der Waals surface area contributed by atoms with E-state index >= 15 is 0 Å². The highest BCUT2D eigenvalue weighted by molar-refractivity contribution is 7.22. The lowest BCUT2D eigenvalue weighted by Crippen LogP contribution is -2.21. The minimum absolute atomic E-state index is 0.184. The van der Waals surface area contributed by atoms with Crippen LogP contribution in [0.5, 0.6) is 0 Å². The van der Waals surface area contributed by atoms with E-state index in [1.165, 1.54) is 10.3 Å². The molecule has 2 aromatic carbocycles. The summed E-state index contributed by atoms with van der Waals surface area (Å²) in [4.78, 5) is 8.85. The number of imidazole rings is 1. The van der Waals surface area contributed by atoms with Crippen molar-refractivity contribution in [2.45, 2.75) is 13.0 Å². The van der Waals surface area contributed by atoms with E-state index in [-0.39, 0.29) is 6.04 Å². The monoisotopic (exact) mass is 378 g/mol. The Balaban J connectivity index is 1.56. The summed E-state index contributed by atoms with van der Waals surface area (Å²) in [6.07, 6.45) is 5.68. The van der Waals surface area contributed by atoms with E-state index in [0.29, 0.717) is 12.5 Å². The van der Waals surface area contributed by atoms with Crippen LogP contribution in [0.3, 0.4) is 0 Å². The molecule has 0 amide bonds. The predicted octanol–water partition coefficient (Wildman–Crippen LogP) is 5.11. The average molecular weight is 379 g/mol. The molecular formula is C21H22N4OS. The minimum atomic E-state index is 0.184. The molecule has 2 aromatic heterocycles. The maximum Gasteiger partial charge on any atom is 0.188 e. The number of hydrogen-bond acceptors (Lipinski definition) is 5. The van der Waals surface area contributed by atoms with Gasteiger partial charge < -0.3 is 14.6 Å². The molecule has 2 atom stereocenters. The van der Waals surface area contributed by atoms with Crippen LogP contribution in [-0.2, 0) is 4.74 Å². The number of anilines is 2. The van der Waals surface area contributed by atoms with Crippen LogP contribution < -0.4 is 5.32 Å². The summed E-state index contributed by atoms with van der Waals surface area (Å²) < 4.78 is 8.71. The van der Waals surface area contributed by atoms with Crippen LogP contribution in [0, 0.1) is 5.92 Å². The second-order valence-electron chi connectivity index (χ2n) is 6.62. The summed E-state index contributed by atoms with van der Waals surface area (Å²) in [7, 11) is 1.74. The third-order valence-electron chi connectivity index (χ3n) is 4.61. The van der Waals surface area contributed by atoms with Gasteiger partial charge >= 0.3 is 0 Å².